The number of carbonyl (C=O) groups is 1. The fourth-order valence-electron chi connectivity index (χ4n) is 1.13. The zero-order chi connectivity index (χ0) is 9.68. The third kappa shape index (κ3) is 2.71. The molecular formula is C11H11ClO. The van der Waals surface area contributed by atoms with E-state index in [2.05, 4.69) is 0 Å². The lowest BCUT2D eigenvalue weighted by Gasteiger charge is -2.00. The van der Waals surface area contributed by atoms with Gasteiger partial charge < -0.3 is 0 Å². The summed E-state index contributed by atoms with van der Waals surface area (Å²) in [6, 6.07) is 7.48. The molecule has 0 aliphatic heterocycles. The summed E-state index contributed by atoms with van der Waals surface area (Å²) in [5, 5.41) is 0. The first-order valence-electron chi connectivity index (χ1n) is 4.08. The van der Waals surface area contributed by atoms with Gasteiger partial charge in [-0.25, -0.2) is 0 Å². The van der Waals surface area contributed by atoms with E-state index in [1.54, 1.807) is 6.92 Å². The molecule has 1 nitrogen and oxygen atoms in total. The van der Waals surface area contributed by atoms with Gasteiger partial charge in [0, 0.05) is 11.4 Å². The van der Waals surface area contributed by atoms with Crippen molar-refractivity contribution in [1.29, 1.82) is 0 Å². The minimum Gasteiger partial charge on any atom is -0.294 e. The Morgan fingerprint density at radius 1 is 1.46 bits per heavy atom. The van der Waals surface area contributed by atoms with E-state index < -0.39 is 0 Å². The minimum absolute atomic E-state index is 0.0785. The van der Waals surface area contributed by atoms with Gasteiger partial charge in [0.25, 0.3) is 0 Å². The van der Waals surface area contributed by atoms with Crippen LogP contribution in [-0.4, -0.2) is 11.7 Å². The molecule has 68 valence electrons. The molecule has 0 heterocycles. The fraction of sp³-hybridized carbons (Fsp3) is 0.182. The summed E-state index contributed by atoms with van der Waals surface area (Å²) in [6.45, 7) is 1.56. The summed E-state index contributed by atoms with van der Waals surface area (Å²) in [5.74, 6) is 0.543. The highest BCUT2D eigenvalue weighted by Gasteiger charge is 2.01. The summed E-state index contributed by atoms with van der Waals surface area (Å²) >= 11 is 5.51. The van der Waals surface area contributed by atoms with E-state index in [-0.39, 0.29) is 5.78 Å². The molecule has 0 atom stereocenters. The molecule has 0 aliphatic carbocycles. The van der Waals surface area contributed by atoms with Crippen LogP contribution in [0.5, 0.6) is 0 Å². The maximum absolute atomic E-state index is 11.2. The van der Waals surface area contributed by atoms with Crippen LogP contribution in [0, 0.1) is 0 Å². The summed E-state index contributed by atoms with van der Waals surface area (Å²) in [6.07, 6.45) is 3.69. The largest absolute Gasteiger partial charge is 0.294 e. The fourth-order valence-corrected chi connectivity index (χ4v) is 1.22. The lowest BCUT2D eigenvalue weighted by atomic mass is 10.0. The number of alkyl halides is 1. The van der Waals surface area contributed by atoms with Crippen molar-refractivity contribution in [2.24, 2.45) is 0 Å². The average Bonchev–Trinajstić information content (AvgIpc) is 2.15. The van der Waals surface area contributed by atoms with Crippen molar-refractivity contribution in [3.05, 3.63) is 41.5 Å². The number of halogens is 1. The third-order valence-electron chi connectivity index (χ3n) is 1.73. The van der Waals surface area contributed by atoms with Gasteiger partial charge in [-0.15, -0.1) is 11.6 Å². The molecule has 0 saturated carbocycles. The molecular weight excluding hydrogens is 184 g/mol. The monoisotopic (exact) mass is 194 g/mol. The van der Waals surface area contributed by atoms with E-state index in [1.165, 1.54) is 0 Å². The number of Topliss-reactive ketones (excluding diaryl/α,β-unsaturated/α-hetero) is 1. The van der Waals surface area contributed by atoms with Crippen molar-refractivity contribution in [1.82, 2.24) is 0 Å². The third-order valence-corrected chi connectivity index (χ3v) is 1.90. The molecule has 2 heteroatoms. The van der Waals surface area contributed by atoms with Crippen LogP contribution in [0.4, 0.5) is 0 Å². The van der Waals surface area contributed by atoms with Crippen molar-refractivity contribution in [3.63, 3.8) is 0 Å². The summed E-state index contributed by atoms with van der Waals surface area (Å²) in [7, 11) is 0. The molecule has 1 rings (SSSR count). The molecule has 0 amide bonds. The second-order valence-electron chi connectivity index (χ2n) is 2.70. The molecule has 0 aromatic heterocycles. The van der Waals surface area contributed by atoms with Crippen LogP contribution in [-0.2, 0) is 0 Å². The van der Waals surface area contributed by atoms with Crippen LogP contribution >= 0.6 is 11.6 Å². The Labute approximate surface area is 83.0 Å². The van der Waals surface area contributed by atoms with Gasteiger partial charge in [-0.1, -0.05) is 36.4 Å². The predicted molar refractivity (Wildman–Crippen MR) is 56.2 cm³/mol. The van der Waals surface area contributed by atoms with E-state index in [4.69, 9.17) is 11.6 Å². The van der Waals surface area contributed by atoms with Crippen molar-refractivity contribution in [2.75, 3.05) is 5.88 Å². The molecule has 0 bridgehead atoms. The van der Waals surface area contributed by atoms with E-state index in [9.17, 15) is 4.79 Å². The highest BCUT2D eigenvalue weighted by Crippen LogP contribution is 2.11. The highest BCUT2D eigenvalue weighted by atomic mass is 35.5. The van der Waals surface area contributed by atoms with Crippen LogP contribution in [0.15, 0.2) is 30.3 Å². The Morgan fingerprint density at radius 2 is 2.15 bits per heavy atom. The number of rotatable bonds is 3. The maximum Gasteiger partial charge on any atom is 0.160 e. The van der Waals surface area contributed by atoms with Crippen LogP contribution < -0.4 is 0 Å². The Hall–Kier alpha value is -1.08. The summed E-state index contributed by atoms with van der Waals surface area (Å²) in [5.41, 5.74) is 1.67. The number of ketones is 1. The number of benzene rings is 1. The van der Waals surface area contributed by atoms with Crippen molar-refractivity contribution in [2.45, 2.75) is 6.92 Å². The van der Waals surface area contributed by atoms with Crippen LogP contribution in [0.2, 0.25) is 0 Å². The Morgan fingerprint density at radius 3 is 2.77 bits per heavy atom. The number of hydrogen-bond donors (Lipinski definition) is 0. The van der Waals surface area contributed by atoms with Gasteiger partial charge in [-0.05, 0) is 12.5 Å². The van der Waals surface area contributed by atoms with Crippen molar-refractivity contribution >= 4 is 23.5 Å². The lowest BCUT2D eigenvalue weighted by molar-refractivity contribution is 0.101. The molecule has 0 spiro atoms. The second kappa shape index (κ2) is 4.83. The molecule has 1 aromatic carbocycles. The SMILES string of the molecule is CC(=O)c1ccccc1C=CCCl. The Balaban J connectivity index is 3.05. The van der Waals surface area contributed by atoms with E-state index in [0.717, 1.165) is 11.1 Å². The number of allylic oxidation sites excluding steroid dienone is 1. The van der Waals surface area contributed by atoms with E-state index in [0.29, 0.717) is 5.88 Å². The van der Waals surface area contributed by atoms with Gasteiger partial charge in [0.1, 0.15) is 0 Å². The number of hydrogen-bond acceptors (Lipinski definition) is 1. The predicted octanol–water partition coefficient (Wildman–Crippen LogP) is 3.14. The zero-order valence-electron chi connectivity index (χ0n) is 7.46. The standard InChI is InChI=1S/C11H11ClO/c1-9(13)11-7-3-2-5-10(11)6-4-8-12/h2-7H,8H2,1H3. The first-order valence-corrected chi connectivity index (χ1v) is 4.61. The second-order valence-corrected chi connectivity index (χ2v) is 3.01. The Kier molecular flexibility index (Phi) is 3.71. The van der Waals surface area contributed by atoms with Crippen LogP contribution in [0.25, 0.3) is 6.08 Å². The topological polar surface area (TPSA) is 17.1 Å². The first kappa shape index (κ1) is 10.0. The summed E-state index contributed by atoms with van der Waals surface area (Å²) < 4.78 is 0. The van der Waals surface area contributed by atoms with Crippen molar-refractivity contribution in [3.8, 4) is 0 Å². The Bertz CT molecular complexity index is 329. The van der Waals surface area contributed by atoms with E-state index in [1.807, 2.05) is 36.4 Å². The lowest BCUT2D eigenvalue weighted by Crippen LogP contribution is -1.94. The maximum atomic E-state index is 11.2. The van der Waals surface area contributed by atoms with Crippen LogP contribution in [0.1, 0.15) is 22.8 Å². The van der Waals surface area contributed by atoms with Gasteiger partial charge in [-0.3, -0.25) is 4.79 Å². The molecule has 0 unspecified atom stereocenters. The van der Waals surface area contributed by atoms with Gasteiger partial charge in [0.2, 0.25) is 0 Å². The van der Waals surface area contributed by atoms with Gasteiger partial charge >= 0.3 is 0 Å². The van der Waals surface area contributed by atoms with Gasteiger partial charge in [-0.2, -0.15) is 0 Å². The normalized spacial score (nSPS) is 10.6. The highest BCUT2D eigenvalue weighted by molar-refractivity contribution is 6.19. The smallest absolute Gasteiger partial charge is 0.160 e. The quantitative estimate of drug-likeness (QED) is 0.534. The van der Waals surface area contributed by atoms with Crippen LogP contribution in [0.3, 0.4) is 0 Å². The molecule has 0 saturated heterocycles. The molecule has 0 aliphatic rings. The first-order chi connectivity index (χ1) is 6.25. The zero-order valence-corrected chi connectivity index (χ0v) is 8.21. The van der Waals surface area contributed by atoms with Crippen molar-refractivity contribution < 1.29 is 4.79 Å². The molecule has 0 N–H and O–H groups in total. The number of carbonyl (C=O) groups excluding carboxylic acids is 1. The molecule has 1 aromatic rings. The summed E-state index contributed by atoms with van der Waals surface area (Å²) in [4.78, 5) is 11.2. The minimum atomic E-state index is 0.0785. The van der Waals surface area contributed by atoms with E-state index >= 15 is 0 Å². The molecule has 13 heavy (non-hydrogen) atoms. The van der Waals surface area contributed by atoms with Gasteiger partial charge in [0.15, 0.2) is 5.78 Å². The van der Waals surface area contributed by atoms with Gasteiger partial charge in [0.05, 0.1) is 0 Å². The average molecular weight is 195 g/mol. The molecule has 0 radical (unpaired) electrons. The molecule has 0 fully saturated rings.